The first-order valence-electron chi connectivity index (χ1n) is 4.83. The number of thiazole rings is 1. The minimum Gasteiger partial charge on any atom is -0.327 e. The van der Waals surface area contributed by atoms with Gasteiger partial charge in [-0.2, -0.15) is 0 Å². The van der Waals surface area contributed by atoms with Gasteiger partial charge in [0.15, 0.2) is 0 Å². The van der Waals surface area contributed by atoms with Gasteiger partial charge in [-0.15, -0.1) is 11.3 Å². The number of rotatable bonds is 4. The number of hydrogen-bond donors (Lipinski definition) is 1. The summed E-state index contributed by atoms with van der Waals surface area (Å²) < 4.78 is 0. The molecule has 0 bridgehead atoms. The van der Waals surface area contributed by atoms with E-state index in [1.807, 2.05) is 0 Å². The summed E-state index contributed by atoms with van der Waals surface area (Å²) in [6.07, 6.45) is 1.94. The molecule has 1 atom stereocenters. The smallest absolute Gasteiger partial charge is 0.0953 e. The van der Waals surface area contributed by atoms with Gasteiger partial charge in [0.05, 0.1) is 10.7 Å². The molecule has 1 rings (SSSR count). The van der Waals surface area contributed by atoms with Gasteiger partial charge in [-0.25, -0.2) is 4.98 Å². The van der Waals surface area contributed by atoms with Crippen molar-refractivity contribution in [3.63, 3.8) is 0 Å². The quantitative estimate of drug-likeness (QED) is 0.807. The predicted octanol–water partition coefficient (Wildman–Crippen LogP) is 2.55. The van der Waals surface area contributed by atoms with E-state index in [0.29, 0.717) is 5.92 Å². The summed E-state index contributed by atoms with van der Waals surface area (Å²) in [6, 6.07) is 0.266. The van der Waals surface area contributed by atoms with E-state index in [4.69, 9.17) is 5.73 Å². The van der Waals surface area contributed by atoms with Crippen molar-refractivity contribution < 1.29 is 0 Å². The second-order valence-corrected chi connectivity index (χ2v) is 4.59. The van der Waals surface area contributed by atoms with Crippen LogP contribution in [0.1, 0.15) is 43.8 Å². The highest BCUT2D eigenvalue weighted by molar-refractivity contribution is 7.09. The molecule has 2 N–H and O–H groups in total. The summed E-state index contributed by atoms with van der Waals surface area (Å²) in [5.41, 5.74) is 7.01. The van der Waals surface area contributed by atoms with Crippen LogP contribution in [0, 0.1) is 0 Å². The number of aromatic nitrogens is 1. The van der Waals surface area contributed by atoms with Gasteiger partial charge in [0.1, 0.15) is 0 Å². The lowest BCUT2D eigenvalue weighted by molar-refractivity contribution is 0.636. The van der Waals surface area contributed by atoms with Gasteiger partial charge in [-0.05, 0) is 6.42 Å². The van der Waals surface area contributed by atoms with E-state index in [2.05, 4.69) is 31.1 Å². The molecule has 0 saturated carbocycles. The average molecular weight is 198 g/mol. The van der Waals surface area contributed by atoms with Crippen molar-refractivity contribution in [3.05, 3.63) is 16.1 Å². The molecule has 1 heterocycles. The topological polar surface area (TPSA) is 38.9 Å². The Balaban J connectivity index is 2.58. The van der Waals surface area contributed by atoms with E-state index < -0.39 is 0 Å². The number of hydrogen-bond acceptors (Lipinski definition) is 3. The van der Waals surface area contributed by atoms with Crippen molar-refractivity contribution in [3.8, 4) is 0 Å². The van der Waals surface area contributed by atoms with Crippen LogP contribution in [-0.4, -0.2) is 11.0 Å². The first kappa shape index (κ1) is 10.7. The molecule has 0 fully saturated rings. The number of nitrogens with zero attached hydrogens (tertiary/aromatic N) is 1. The summed E-state index contributed by atoms with van der Waals surface area (Å²) in [7, 11) is 0. The van der Waals surface area contributed by atoms with Crippen LogP contribution in [0.5, 0.6) is 0 Å². The van der Waals surface area contributed by atoms with Crippen molar-refractivity contribution in [2.45, 2.75) is 45.6 Å². The lowest BCUT2D eigenvalue weighted by atomic mass is 10.1. The molecule has 0 spiro atoms. The van der Waals surface area contributed by atoms with E-state index in [9.17, 15) is 0 Å². The summed E-state index contributed by atoms with van der Waals surface area (Å²) in [6.45, 7) is 6.45. The van der Waals surface area contributed by atoms with Gasteiger partial charge in [-0.3, -0.25) is 0 Å². The first-order chi connectivity index (χ1) is 6.13. The fourth-order valence-electron chi connectivity index (χ4n) is 1.09. The van der Waals surface area contributed by atoms with E-state index in [0.717, 1.165) is 18.5 Å². The average Bonchev–Trinajstić information content (AvgIpc) is 2.52. The Hall–Kier alpha value is -0.410. The Morgan fingerprint density at radius 3 is 2.69 bits per heavy atom. The van der Waals surface area contributed by atoms with Crippen LogP contribution in [0.25, 0.3) is 0 Å². The molecule has 0 amide bonds. The van der Waals surface area contributed by atoms with Crippen molar-refractivity contribution >= 4 is 11.3 Å². The highest BCUT2D eigenvalue weighted by Crippen LogP contribution is 2.19. The molecule has 0 aliphatic heterocycles. The molecule has 1 unspecified atom stereocenters. The lowest BCUT2D eigenvalue weighted by Gasteiger charge is -2.04. The van der Waals surface area contributed by atoms with Crippen LogP contribution in [-0.2, 0) is 6.42 Å². The normalized spacial score (nSPS) is 13.6. The number of nitrogens with two attached hydrogens (primary N) is 1. The third kappa shape index (κ3) is 3.08. The van der Waals surface area contributed by atoms with Crippen molar-refractivity contribution in [2.24, 2.45) is 5.73 Å². The second-order valence-electron chi connectivity index (χ2n) is 3.70. The summed E-state index contributed by atoms with van der Waals surface area (Å²) in [4.78, 5) is 4.54. The zero-order valence-corrected chi connectivity index (χ0v) is 9.40. The van der Waals surface area contributed by atoms with Crippen molar-refractivity contribution in [1.29, 1.82) is 0 Å². The molecular formula is C10H18N2S. The Bertz CT molecular complexity index is 255. The van der Waals surface area contributed by atoms with Gasteiger partial charge in [0, 0.05) is 23.8 Å². The van der Waals surface area contributed by atoms with Crippen molar-refractivity contribution in [1.82, 2.24) is 4.98 Å². The molecule has 74 valence electrons. The van der Waals surface area contributed by atoms with E-state index >= 15 is 0 Å². The zero-order valence-electron chi connectivity index (χ0n) is 8.58. The third-order valence-corrected chi connectivity index (χ3v) is 3.25. The van der Waals surface area contributed by atoms with Gasteiger partial charge in [0.25, 0.3) is 0 Å². The predicted molar refractivity (Wildman–Crippen MR) is 58.2 cm³/mol. The largest absolute Gasteiger partial charge is 0.327 e. The first-order valence-corrected chi connectivity index (χ1v) is 5.71. The highest BCUT2D eigenvalue weighted by atomic mass is 32.1. The molecule has 3 heteroatoms. The van der Waals surface area contributed by atoms with Crippen LogP contribution in [0.3, 0.4) is 0 Å². The molecule has 0 aliphatic rings. The monoisotopic (exact) mass is 198 g/mol. The van der Waals surface area contributed by atoms with E-state index in [-0.39, 0.29) is 6.04 Å². The van der Waals surface area contributed by atoms with Crippen LogP contribution >= 0.6 is 11.3 Å². The van der Waals surface area contributed by atoms with Crippen LogP contribution in [0.15, 0.2) is 5.38 Å². The molecule has 1 aromatic rings. The van der Waals surface area contributed by atoms with E-state index in [1.54, 1.807) is 11.3 Å². The van der Waals surface area contributed by atoms with E-state index in [1.165, 1.54) is 5.01 Å². The van der Waals surface area contributed by atoms with Crippen LogP contribution < -0.4 is 5.73 Å². The van der Waals surface area contributed by atoms with Crippen LogP contribution in [0.4, 0.5) is 0 Å². The minimum atomic E-state index is 0.266. The summed E-state index contributed by atoms with van der Waals surface area (Å²) >= 11 is 1.74. The molecule has 2 nitrogen and oxygen atoms in total. The van der Waals surface area contributed by atoms with Gasteiger partial charge < -0.3 is 5.73 Å². The molecular weight excluding hydrogens is 180 g/mol. The van der Waals surface area contributed by atoms with Gasteiger partial charge >= 0.3 is 0 Å². The lowest BCUT2D eigenvalue weighted by Crippen LogP contribution is -2.21. The maximum atomic E-state index is 5.85. The Morgan fingerprint density at radius 1 is 1.54 bits per heavy atom. The second kappa shape index (κ2) is 4.72. The van der Waals surface area contributed by atoms with Gasteiger partial charge in [-0.1, -0.05) is 20.8 Å². The Labute approximate surface area is 84.2 Å². The van der Waals surface area contributed by atoms with Crippen LogP contribution in [0.2, 0.25) is 0 Å². The molecule has 0 aromatic carbocycles. The maximum absolute atomic E-state index is 5.85. The molecule has 1 aromatic heterocycles. The fraction of sp³-hybridized carbons (Fsp3) is 0.700. The fourth-order valence-corrected chi connectivity index (χ4v) is 1.94. The molecule has 13 heavy (non-hydrogen) atoms. The standard InChI is InChI=1S/C10H18N2S/c1-4-8(11)5-9-6-13-10(12-9)7(2)3/h6-8H,4-5,11H2,1-3H3. The van der Waals surface area contributed by atoms with Crippen molar-refractivity contribution in [2.75, 3.05) is 0 Å². The Kier molecular flexibility index (Phi) is 3.88. The third-order valence-electron chi connectivity index (χ3n) is 2.06. The SMILES string of the molecule is CCC(N)Cc1csc(C(C)C)n1. The molecule has 0 aliphatic carbocycles. The molecule has 0 saturated heterocycles. The highest BCUT2D eigenvalue weighted by Gasteiger charge is 2.08. The summed E-state index contributed by atoms with van der Waals surface area (Å²) in [5.74, 6) is 0.539. The minimum absolute atomic E-state index is 0.266. The zero-order chi connectivity index (χ0) is 9.84. The summed E-state index contributed by atoms with van der Waals surface area (Å²) in [5, 5.41) is 3.35. The van der Waals surface area contributed by atoms with Gasteiger partial charge in [0.2, 0.25) is 0 Å². The Morgan fingerprint density at radius 2 is 2.23 bits per heavy atom. The maximum Gasteiger partial charge on any atom is 0.0953 e. The molecule has 0 radical (unpaired) electrons.